The summed E-state index contributed by atoms with van der Waals surface area (Å²) in [6.07, 6.45) is 0.631. The zero-order valence-corrected chi connectivity index (χ0v) is 12.5. The number of rotatable bonds is 2. The average Bonchev–Trinajstić information content (AvgIpc) is 2.79. The molecule has 0 aromatic carbocycles. The molecule has 6 heteroatoms. The molecule has 1 fully saturated rings. The van der Waals surface area contributed by atoms with Crippen LogP contribution in [0.15, 0.2) is 12.1 Å². The Hall–Kier alpha value is -1.85. The zero-order valence-electron chi connectivity index (χ0n) is 12.5. The maximum atomic E-state index is 12.0. The van der Waals surface area contributed by atoms with Crippen LogP contribution in [0, 0.1) is 6.92 Å². The minimum atomic E-state index is -0.453. The summed E-state index contributed by atoms with van der Waals surface area (Å²) in [7, 11) is 0. The standard InChI is InChI=1S/C14H22N4O2/c1-10-5-6-12(17-16-10)15-11-7-8-18(9-11)13(19)20-14(2,3)4/h5-6,11H,7-9H2,1-4H3,(H,15,17)/t11-/m0/s1. The van der Waals surface area contributed by atoms with E-state index in [1.54, 1.807) is 4.90 Å². The molecule has 0 spiro atoms. The Morgan fingerprint density at radius 3 is 2.75 bits per heavy atom. The predicted octanol–water partition coefficient (Wildman–Crippen LogP) is 2.21. The fraction of sp³-hybridized carbons (Fsp3) is 0.643. The van der Waals surface area contributed by atoms with Gasteiger partial charge in [-0.05, 0) is 46.2 Å². The molecule has 2 rings (SSSR count). The molecular weight excluding hydrogens is 256 g/mol. The van der Waals surface area contributed by atoms with Gasteiger partial charge >= 0.3 is 6.09 Å². The van der Waals surface area contributed by atoms with Crippen molar-refractivity contribution >= 4 is 11.9 Å². The molecule has 0 unspecified atom stereocenters. The highest BCUT2D eigenvalue weighted by Crippen LogP contribution is 2.17. The number of carbonyl (C=O) groups excluding carboxylic acids is 1. The van der Waals surface area contributed by atoms with Crippen molar-refractivity contribution in [3.05, 3.63) is 17.8 Å². The van der Waals surface area contributed by atoms with E-state index in [1.165, 1.54) is 0 Å². The molecule has 110 valence electrons. The number of amides is 1. The lowest BCUT2D eigenvalue weighted by molar-refractivity contribution is 0.0293. The first kappa shape index (κ1) is 14.6. The molecule has 1 N–H and O–H groups in total. The van der Waals surface area contributed by atoms with Crippen LogP contribution in [0.3, 0.4) is 0 Å². The molecule has 0 aliphatic carbocycles. The van der Waals surface area contributed by atoms with E-state index >= 15 is 0 Å². The van der Waals surface area contributed by atoms with E-state index in [0.29, 0.717) is 13.1 Å². The number of anilines is 1. The van der Waals surface area contributed by atoms with Gasteiger partial charge in [-0.2, -0.15) is 5.10 Å². The quantitative estimate of drug-likeness (QED) is 0.898. The molecule has 1 aliphatic rings. The largest absolute Gasteiger partial charge is 0.444 e. The highest BCUT2D eigenvalue weighted by Gasteiger charge is 2.29. The van der Waals surface area contributed by atoms with Crippen LogP contribution in [0.5, 0.6) is 0 Å². The first-order valence-electron chi connectivity index (χ1n) is 6.88. The van der Waals surface area contributed by atoms with Gasteiger partial charge in [0.25, 0.3) is 0 Å². The fourth-order valence-electron chi connectivity index (χ4n) is 2.06. The molecule has 1 atom stereocenters. The van der Waals surface area contributed by atoms with Crippen molar-refractivity contribution in [2.45, 2.75) is 45.8 Å². The average molecular weight is 278 g/mol. The third kappa shape index (κ3) is 4.08. The Labute approximate surface area is 119 Å². The molecule has 0 radical (unpaired) electrons. The van der Waals surface area contributed by atoms with Crippen LogP contribution < -0.4 is 5.32 Å². The molecule has 20 heavy (non-hydrogen) atoms. The Bertz CT molecular complexity index is 467. The summed E-state index contributed by atoms with van der Waals surface area (Å²) in [5, 5.41) is 11.4. The van der Waals surface area contributed by atoms with E-state index in [1.807, 2.05) is 39.8 Å². The number of hydrogen-bond donors (Lipinski definition) is 1. The first-order valence-corrected chi connectivity index (χ1v) is 6.88. The van der Waals surface area contributed by atoms with Crippen molar-refractivity contribution in [3.8, 4) is 0 Å². The van der Waals surface area contributed by atoms with Crippen molar-refractivity contribution in [1.29, 1.82) is 0 Å². The minimum absolute atomic E-state index is 0.194. The van der Waals surface area contributed by atoms with Gasteiger partial charge in [0.2, 0.25) is 0 Å². The summed E-state index contributed by atoms with van der Waals surface area (Å²) in [4.78, 5) is 13.7. The fourth-order valence-corrected chi connectivity index (χ4v) is 2.06. The zero-order chi connectivity index (χ0) is 14.8. The highest BCUT2D eigenvalue weighted by atomic mass is 16.6. The number of ether oxygens (including phenoxy) is 1. The van der Waals surface area contributed by atoms with E-state index in [9.17, 15) is 4.79 Å². The third-order valence-corrected chi connectivity index (χ3v) is 2.99. The Morgan fingerprint density at radius 2 is 2.15 bits per heavy atom. The monoisotopic (exact) mass is 278 g/mol. The van der Waals surface area contributed by atoms with Crippen LogP contribution in [-0.4, -0.2) is 45.9 Å². The van der Waals surface area contributed by atoms with Crippen LogP contribution in [0.25, 0.3) is 0 Å². The van der Waals surface area contributed by atoms with Gasteiger partial charge in [0, 0.05) is 19.1 Å². The minimum Gasteiger partial charge on any atom is -0.444 e. The molecule has 1 aromatic heterocycles. The SMILES string of the molecule is Cc1ccc(N[C@H]2CCN(C(=O)OC(C)(C)C)C2)nn1. The third-order valence-electron chi connectivity index (χ3n) is 2.99. The van der Waals surface area contributed by atoms with Gasteiger partial charge < -0.3 is 15.0 Å². The Morgan fingerprint density at radius 1 is 1.40 bits per heavy atom. The first-order chi connectivity index (χ1) is 9.33. The van der Waals surface area contributed by atoms with E-state index < -0.39 is 5.60 Å². The van der Waals surface area contributed by atoms with Crippen molar-refractivity contribution in [2.24, 2.45) is 0 Å². The lowest BCUT2D eigenvalue weighted by Crippen LogP contribution is -2.36. The van der Waals surface area contributed by atoms with E-state index in [0.717, 1.165) is 17.9 Å². The van der Waals surface area contributed by atoms with Crippen molar-refractivity contribution < 1.29 is 9.53 Å². The van der Waals surface area contributed by atoms with E-state index in [-0.39, 0.29) is 12.1 Å². The molecule has 2 heterocycles. The van der Waals surface area contributed by atoms with Gasteiger partial charge in [-0.3, -0.25) is 0 Å². The summed E-state index contributed by atoms with van der Waals surface area (Å²) in [5.41, 5.74) is 0.433. The van der Waals surface area contributed by atoms with E-state index in [4.69, 9.17) is 4.74 Å². The Balaban J connectivity index is 1.86. The van der Waals surface area contributed by atoms with Crippen LogP contribution in [0.2, 0.25) is 0 Å². The number of likely N-dealkylation sites (tertiary alicyclic amines) is 1. The second kappa shape index (κ2) is 5.64. The summed E-state index contributed by atoms with van der Waals surface area (Å²) in [5.74, 6) is 0.742. The number of nitrogens with zero attached hydrogens (tertiary/aromatic N) is 3. The predicted molar refractivity (Wildman–Crippen MR) is 76.6 cm³/mol. The normalized spacial score (nSPS) is 19.0. The summed E-state index contributed by atoms with van der Waals surface area (Å²) >= 11 is 0. The van der Waals surface area contributed by atoms with Gasteiger partial charge in [-0.25, -0.2) is 4.79 Å². The summed E-state index contributed by atoms with van der Waals surface area (Å²) in [6.45, 7) is 8.85. The van der Waals surface area contributed by atoms with Gasteiger partial charge in [-0.1, -0.05) is 0 Å². The van der Waals surface area contributed by atoms with Crippen molar-refractivity contribution in [1.82, 2.24) is 15.1 Å². The van der Waals surface area contributed by atoms with Crippen molar-refractivity contribution in [3.63, 3.8) is 0 Å². The molecule has 1 amide bonds. The van der Waals surface area contributed by atoms with Gasteiger partial charge in [0.1, 0.15) is 11.4 Å². The number of carbonyl (C=O) groups is 1. The number of hydrogen-bond acceptors (Lipinski definition) is 5. The van der Waals surface area contributed by atoms with Crippen LogP contribution in [0.1, 0.15) is 32.9 Å². The molecule has 1 saturated heterocycles. The lowest BCUT2D eigenvalue weighted by atomic mass is 10.2. The molecular formula is C14H22N4O2. The van der Waals surface area contributed by atoms with Crippen LogP contribution in [0.4, 0.5) is 10.6 Å². The molecule has 6 nitrogen and oxygen atoms in total. The maximum absolute atomic E-state index is 12.0. The second-order valence-electron chi connectivity index (χ2n) is 6.12. The van der Waals surface area contributed by atoms with E-state index in [2.05, 4.69) is 15.5 Å². The highest BCUT2D eigenvalue weighted by molar-refractivity contribution is 5.68. The molecule has 1 aliphatic heterocycles. The smallest absolute Gasteiger partial charge is 0.410 e. The lowest BCUT2D eigenvalue weighted by Gasteiger charge is -2.24. The number of nitrogens with one attached hydrogen (secondary N) is 1. The van der Waals surface area contributed by atoms with Gasteiger partial charge in [0.15, 0.2) is 0 Å². The van der Waals surface area contributed by atoms with Crippen LogP contribution in [-0.2, 0) is 4.74 Å². The molecule has 0 bridgehead atoms. The van der Waals surface area contributed by atoms with Gasteiger partial charge in [-0.15, -0.1) is 5.10 Å². The Kier molecular flexibility index (Phi) is 4.11. The molecule has 0 saturated carbocycles. The number of aryl methyl sites for hydroxylation is 1. The van der Waals surface area contributed by atoms with Crippen molar-refractivity contribution in [2.75, 3.05) is 18.4 Å². The summed E-state index contributed by atoms with van der Waals surface area (Å²) in [6, 6.07) is 4.01. The maximum Gasteiger partial charge on any atom is 0.410 e. The van der Waals surface area contributed by atoms with Crippen LogP contribution >= 0.6 is 0 Å². The number of aromatic nitrogens is 2. The molecule has 1 aromatic rings. The van der Waals surface area contributed by atoms with Gasteiger partial charge in [0.05, 0.1) is 5.69 Å². The topological polar surface area (TPSA) is 67.4 Å². The second-order valence-corrected chi connectivity index (χ2v) is 6.12. The summed E-state index contributed by atoms with van der Waals surface area (Å²) < 4.78 is 5.37.